The van der Waals surface area contributed by atoms with Crippen molar-refractivity contribution in [3.05, 3.63) is 49.1 Å². The fourth-order valence-corrected chi connectivity index (χ4v) is 4.46. The molecule has 0 bridgehead atoms. The number of hydrogen-bond acceptors (Lipinski definition) is 6. The Bertz CT molecular complexity index is 808. The molecular formula is C20H26N6S. The first-order valence-corrected chi connectivity index (χ1v) is 10.5. The molecule has 4 rings (SSSR count). The predicted octanol–water partition coefficient (Wildman–Crippen LogP) is 3.44. The van der Waals surface area contributed by atoms with Gasteiger partial charge in [-0.25, -0.2) is 4.98 Å². The first kappa shape index (κ1) is 18.1. The van der Waals surface area contributed by atoms with E-state index in [1.54, 1.807) is 11.3 Å². The molecule has 1 aliphatic heterocycles. The number of aromatic nitrogens is 4. The second kappa shape index (κ2) is 8.63. The van der Waals surface area contributed by atoms with E-state index in [1.165, 1.54) is 0 Å². The van der Waals surface area contributed by atoms with Crippen LogP contribution in [0, 0.1) is 0 Å². The molecule has 1 atom stereocenters. The second-order valence-corrected chi connectivity index (χ2v) is 8.00. The van der Waals surface area contributed by atoms with Crippen molar-refractivity contribution in [2.45, 2.75) is 44.8 Å². The molecule has 3 aromatic rings. The third kappa shape index (κ3) is 4.54. The van der Waals surface area contributed by atoms with Gasteiger partial charge in [0.15, 0.2) is 0 Å². The fourth-order valence-electron chi connectivity index (χ4n) is 3.56. The molecule has 2 aromatic heterocycles. The molecule has 1 N–H and O–H groups in total. The van der Waals surface area contributed by atoms with Crippen molar-refractivity contribution in [2.75, 3.05) is 18.0 Å². The molecule has 1 aliphatic rings. The molecule has 1 fully saturated rings. The molecule has 0 saturated carbocycles. The van der Waals surface area contributed by atoms with Gasteiger partial charge in [-0.1, -0.05) is 48.6 Å². The van der Waals surface area contributed by atoms with Gasteiger partial charge in [0.1, 0.15) is 5.01 Å². The molecule has 0 radical (unpaired) electrons. The summed E-state index contributed by atoms with van der Waals surface area (Å²) in [6.07, 6.45) is 9.17. The van der Waals surface area contributed by atoms with Crippen molar-refractivity contribution in [3.63, 3.8) is 0 Å². The molecule has 1 aromatic carbocycles. The van der Waals surface area contributed by atoms with E-state index in [9.17, 15) is 0 Å². The Balaban J connectivity index is 1.30. The zero-order valence-electron chi connectivity index (χ0n) is 15.7. The van der Waals surface area contributed by atoms with Gasteiger partial charge >= 0.3 is 0 Å². The first-order chi connectivity index (χ1) is 13.3. The van der Waals surface area contributed by atoms with E-state index >= 15 is 0 Å². The highest BCUT2D eigenvalue weighted by Crippen LogP contribution is 2.30. The van der Waals surface area contributed by atoms with Crippen LogP contribution in [0.4, 0.5) is 5.13 Å². The summed E-state index contributed by atoms with van der Waals surface area (Å²) in [7, 11) is 0. The van der Waals surface area contributed by atoms with Crippen molar-refractivity contribution in [3.8, 4) is 10.6 Å². The van der Waals surface area contributed by atoms with E-state index in [0.717, 1.165) is 54.6 Å². The van der Waals surface area contributed by atoms with Gasteiger partial charge in [-0.15, -0.1) is 10.2 Å². The van der Waals surface area contributed by atoms with Crippen LogP contribution in [-0.4, -0.2) is 44.9 Å². The monoisotopic (exact) mass is 382 g/mol. The highest BCUT2D eigenvalue weighted by Gasteiger charge is 2.23. The summed E-state index contributed by atoms with van der Waals surface area (Å²) in [6.45, 7) is 5.29. The lowest BCUT2D eigenvalue weighted by Crippen LogP contribution is -2.47. The number of hydrogen-bond donors (Lipinski definition) is 1. The molecule has 0 unspecified atom stereocenters. The highest BCUT2D eigenvalue weighted by molar-refractivity contribution is 7.18. The lowest BCUT2D eigenvalue weighted by atomic mass is 10.0. The van der Waals surface area contributed by atoms with E-state index in [1.807, 2.05) is 36.9 Å². The van der Waals surface area contributed by atoms with Gasteiger partial charge in [0.25, 0.3) is 0 Å². The van der Waals surface area contributed by atoms with Crippen molar-refractivity contribution < 1.29 is 0 Å². The number of anilines is 1. The van der Waals surface area contributed by atoms with Crippen LogP contribution in [0.2, 0.25) is 0 Å². The van der Waals surface area contributed by atoms with Gasteiger partial charge < -0.3 is 14.8 Å². The van der Waals surface area contributed by atoms with Crippen LogP contribution < -0.4 is 10.2 Å². The molecule has 3 heterocycles. The summed E-state index contributed by atoms with van der Waals surface area (Å²) in [5.74, 6) is 0. The number of piperidine rings is 1. The van der Waals surface area contributed by atoms with Gasteiger partial charge in [0.05, 0.1) is 6.33 Å². The zero-order chi connectivity index (χ0) is 18.5. The quantitative estimate of drug-likeness (QED) is 0.678. The Kier molecular flexibility index (Phi) is 5.79. The highest BCUT2D eigenvalue weighted by atomic mass is 32.1. The van der Waals surface area contributed by atoms with E-state index in [0.29, 0.717) is 12.1 Å². The van der Waals surface area contributed by atoms with E-state index < -0.39 is 0 Å². The molecule has 27 heavy (non-hydrogen) atoms. The van der Waals surface area contributed by atoms with Gasteiger partial charge in [-0.2, -0.15) is 0 Å². The van der Waals surface area contributed by atoms with Crippen LogP contribution in [0.5, 0.6) is 0 Å². The lowest BCUT2D eigenvalue weighted by molar-refractivity contribution is 0.336. The SMILES string of the molecule is CC[C@H](Cn1ccnc1)NC1CCN(c2nnc(-c3ccccc3)s2)CC1. The molecule has 0 spiro atoms. The summed E-state index contributed by atoms with van der Waals surface area (Å²) in [5, 5.41) is 14.7. The van der Waals surface area contributed by atoms with Crippen LogP contribution in [-0.2, 0) is 6.54 Å². The molecule has 0 amide bonds. The summed E-state index contributed by atoms with van der Waals surface area (Å²) in [6, 6.07) is 11.3. The standard InChI is InChI=1S/C20H26N6S/c1-2-17(14-25-13-10-21-15-25)22-18-8-11-26(12-9-18)20-24-23-19(27-20)16-6-4-3-5-7-16/h3-7,10,13,15,17-18,22H,2,8-9,11-12,14H2,1H3/t17-/m1/s1. The molecular weight excluding hydrogens is 356 g/mol. The average Bonchev–Trinajstić information content (AvgIpc) is 3.41. The van der Waals surface area contributed by atoms with Crippen LogP contribution in [0.15, 0.2) is 49.1 Å². The van der Waals surface area contributed by atoms with E-state index in [4.69, 9.17) is 0 Å². The average molecular weight is 383 g/mol. The van der Waals surface area contributed by atoms with Crippen LogP contribution in [0.1, 0.15) is 26.2 Å². The summed E-state index contributed by atoms with van der Waals surface area (Å²) < 4.78 is 2.16. The minimum atomic E-state index is 0.488. The van der Waals surface area contributed by atoms with E-state index in [-0.39, 0.29) is 0 Å². The molecule has 1 saturated heterocycles. The van der Waals surface area contributed by atoms with E-state index in [2.05, 4.69) is 49.0 Å². The Hall–Kier alpha value is -2.25. The fraction of sp³-hybridized carbons (Fsp3) is 0.450. The smallest absolute Gasteiger partial charge is 0.208 e. The largest absolute Gasteiger partial charge is 0.347 e. The summed E-state index contributed by atoms with van der Waals surface area (Å²) in [5.41, 5.74) is 1.14. The minimum Gasteiger partial charge on any atom is -0.347 e. The zero-order valence-corrected chi connectivity index (χ0v) is 16.5. The van der Waals surface area contributed by atoms with Crippen molar-refractivity contribution in [2.24, 2.45) is 0 Å². The van der Waals surface area contributed by atoms with Crippen molar-refractivity contribution in [1.82, 2.24) is 25.1 Å². The van der Waals surface area contributed by atoms with Crippen LogP contribution >= 0.6 is 11.3 Å². The van der Waals surface area contributed by atoms with Crippen molar-refractivity contribution in [1.29, 1.82) is 0 Å². The number of rotatable bonds is 7. The Morgan fingerprint density at radius 1 is 1.19 bits per heavy atom. The number of benzene rings is 1. The second-order valence-electron chi connectivity index (χ2n) is 7.05. The van der Waals surface area contributed by atoms with Gasteiger partial charge in [0.2, 0.25) is 5.13 Å². The molecule has 7 heteroatoms. The predicted molar refractivity (Wildman–Crippen MR) is 110 cm³/mol. The lowest BCUT2D eigenvalue weighted by Gasteiger charge is -2.34. The Labute approximate surface area is 164 Å². The maximum absolute atomic E-state index is 4.43. The van der Waals surface area contributed by atoms with Gasteiger partial charge in [0, 0.05) is 49.7 Å². The van der Waals surface area contributed by atoms with Crippen LogP contribution in [0.25, 0.3) is 10.6 Å². The molecule has 142 valence electrons. The minimum absolute atomic E-state index is 0.488. The Morgan fingerprint density at radius 2 is 2.00 bits per heavy atom. The van der Waals surface area contributed by atoms with Crippen LogP contribution in [0.3, 0.4) is 0 Å². The summed E-state index contributed by atoms with van der Waals surface area (Å²) >= 11 is 1.69. The molecule has 6 nitrogen and oxygen atoms in total. The third-order valence-corrected chi connectivity index (χ3v) is 6.19. The number of nitrogens with one attached hydrogen (secondary N) is 1. The van der Waals surface area contributed by atoms with Gasteiger partial charge in [-0.05, 0) is 19.3 Å². The third-order valence-electron chi connectivity index (χ3n) is 5.16. The maximum Gasteiger partial charge on any atom is 0.208 e. The normalized spacial score (nSPS) is 16.6. The number of nitrogens with zero attached hydrogens (tertiary/aromatic N) is 5. The maximum atomic E-state index is 4.43. The van der Waals surface area contributed by atoms with Crippen molar-refractivity contribution >= 4 is 16.5 Å². The topological polar surface area (TPSA) is 58.9 Å². The Morgan fingerprint density at radius 3 is 2.70 bits per heavy atom. The molecule has 0 aliphatic carbocycles. The van der Waals surface area contributed by atoms with Gasteiger partial charge in [-0.3, -0.25) is 0 Å². The number of imidazole rings is 1. The summed E-state index contributed by atoms with van der Waals surface area (Å²) in [4.78, 5) is 6.51. The first-order valence-electron chi connectivity index (χ1n) is 9.67.